The van der Waals surface area contributed by atoms with Crippen LogP contribution in [0.1, 0.15) is 16.1 Å². The van der Waals surface area contributed by atoms with Gasteiger partial charge in [0.15, 0.2) is 0 Å². The highest BCUT2D eigenvalue weighted by Gasteiger charge is 2.08. The number of nitrogens with zero attached hydrogens (tertiary/aromatic N) is 1. The van der Waals surface area contributed by atoms with Crippen LogP contribution in [0.3, 0.4) is 0 Å². The number of aryl methyl sites for hydroxylation is 1. The predicted molar refractivity (Wildman–Crippen MR) is 62.9 cm³/mol. The summed E-state index contributed by atoms with van der Waals surface area (Å²) in [6.07, 6.45) is 0. The zero-order valence-electron chi connectivity index (χ0n) is 8.97. The van der Waals surface area contributed by atoms with Crippen LogP contribution in [0.15, 0.2) is 42.5 Å². The molecule has 0 aliphatic carbocycles. The molecule has 0 aliphatic rings. The molecule has 0 aliphatic heterocycles. The van der Waals surface area contributed by atoms with Crippen molar-refractivity contribution in [2.45, 2.75) is 6.92 Å². The van der Waals surface area contributed by atoms with Crippen molar-refractivity contribution in [3.8, 4) is 11.3 Å². The first-order valence-electron chi connectivity index (χ1n) is 5.01. The largest absolute Gasteiger partial charge is 0.364 e. The molecular weight excluding hydrogens is 200 g/mol. The monoisotopic (exact) mass is 212 g/mol. The second-order valence-electron chi connectivity index (χ2n) is 3.59. The van der Waals surface area contributed by atoms with Crippen molar-refractivity contribution in [3.05, 3.63) is 53.7 Å². The molecule has 0 radical (unpaired) electrons. The first-order valence-corrected chi connectivity index (χ1v) is 5.01. The minimum Gasteiger partial charge on any atom is -0.364 e. The van der Waals surface area contributed by atoms with E-state index in [-0.39, 0.29) is 0 Å². The molecular formula is C13H12N2O. The van der Waals surface area contributed by atoms with E-state index in [9.17, 15) is 4.79 Å². The van der Waals surface area contributed by atoms with Gasteiger partial charge in [0.05, 0.1) is 5.69 Å². The number of benzene rings is 1. The van der Waals surface area contributed by atoms with Crippen LogP contribution in [0, 0.1) is 6.92 Å². The summed E-state index contributed by atoms with van der Waals surface area (Å²) in [5, 5.41) is 0. The Balaban J connectivity index is 2.52. The van der Waals surface area contributed by atoms with Crippen LogP contribution in [0.4, 0.5) is 0 Å². The average molecular weight is 212 g/mol. The van der Waals surface area contributed by atoms with Crippen molar-refractivity contribution >= 4 is 5.91 Å². The Hall–Kier alpha value is -2.16. The van der Waals surface area contributed by atoms with Crippen LogP contribution >= 0.6 is 0 Å². The molecule has 1 amide bonds. The van der Waals surface area contributed by atoms with Crippen molar-refractivity contribution in [2.24, 2.45) is 5.73 Å². The lowest BCUT2D eigenvalue weighted by molar-refractivity contribution is 0.0995. The Bertz CT molecular complexity index is 521. The molecule has 3 heteroatoms. The summed E-state index contributed by atoms with van der Waals surface area (Å²) in [6.45, 7) is 1.82. The average Bonchev–Trinajstić information content (AvgIpc) is 2.30. The third kappa shape index (κ3) is 1.93. The Labute approximate surface area is 93.9 Å². The van der Waals surface area contributed by atoms with Gasteiger partial charge in [-0.05, 0) is 18.6 Å². The first-order chi connectivity index (χ1) is 7.68. The Kier molecular flexibility index (Phi) is 2.68. The summed E-state index contributed by atoms with van der Waals surface area (Å²) in [5.74, 6) is -0.490. The summed E-state index contributed by atoms with van der Waals surface area (Å²) in [5.41, 5.74) is 8.13. The maximum Gasteiger partial charge on any atom is 0.267 e. The van der Waals surface area contributed by atoms with Crippen LogP contribution in [0.5, 0.6) is 0 Å². The summed E-state index contributed by atoms with van der Waals surface area (Å²) in [7, 11) is 0. The van der Waals surface area contributed by atoms with Crippen molar-refractivity contribution in [2.75, 3.05) is 0 Å². The summed E-state index contributed by atoms with van der Waals surface area (Å²) in [4.78, 5) is 15.4. The Morgan fingerprint density at radius 3 is 2.44 bits per heavy atom. The number of hydrogen-bond acceptors (Lipinski definition) is 2. The summed E-state index contributed by atoms with van der Waals surface area (Å²) >= 11 is 0. The molecule has 0 saturated carbocycles. The predicted octanol–water partition coefficient (Wildman–Crippen LogP) is 2.16. The molecule has 2 N–H and O–H groups in total. The fourth-order valence-electron chi connectivity index (χ4n) is 1.55. The van der Waals surface area contributed by atoms with E-state index in [1.807, 2.05) is 49.4 Å². The van der Waals surface area contributed by atoms with Gasteiger partial charge in [0.1, 0.15) is 5.69 Å². The van der Waals surface area contributed by atoms with E-state index in [0.717, 1.165) is 16.8 Å². The third-order valence-electron chi connectivity index (χ3n) is 2.40. The van der Waals surface area contributed by atoms with Crippen LogP contribution in [0.25, 0.3) is 11.3 Å². The van der Waals surface area contributed by atoms with Gasteiger partial charge < -0.3 is 5.73 Å². The SMILES string of the molecule is Cc1ccc(-c2ccccc2)nc1C(N)=O. The molecule has 1 aromatic heterocycles. The highest BCUT2D eigenvalue weighted by Crippen LogP contribution is 2.18. The standard InChI is InChI=1S/C13H12N2O/c1-9-7-8-11(15-12(9)13(14)16)10-5-3-2-4-6-10/h2-8H,1H3,(H2,14,16). The lowest BCUT2D eigenvalue weighted by Gasteiger charge is -2.04. The topological polar surface area (TPSA) is 56.0 Å². The second kappa shape index (κ2) is 4.14. The van der Waals surface area contributed by atoms with Crippen molar-refractivity contribution in [1.29, 1.82) is 0 Å². The minimum atomic E-state index is -0.490. The number of hydrogen-bond donors (Lipinski definition) is 1. The van der Waals surface area contributed by atoms with Gasteiger partial charge in [-0.3, -0.25) is 4.79 Å². The fraction of sp³-hybridized carbons (Fsp3) is 0.0769. The highest BCUT2D eigenvalue weighted by atomic mass is 16.1. The van der Waals surface area contributed by atoms with Crippen molar-refractivity contribution in [3.63, 3.8) is 0 Å². The Morgan fingerprint density at radius 1 is 1.12 bits per heavy atom. The number of carbonyl (C=O) groups is 1. The van der Waals surface area contributed by atoms with Gasteiger partial charge in [0, 0.05) is 5.56 Å². The van der Waals surface area contributed by atoms with Crippen LogP contribution in [-0.2, 0) is 0 Å². The van der Waals surface area contributed by atoms with Crippen LogP contribution < -0.4 is 5.73 Å². The van der Waals surface area contributed by atoms with Gasteiger partial charge in [-0.1, -0.05) is 36.4 Å². The number of carbonyl (C=O) groups excluding carboxylic acids is 1. The number of pyridine rings is 1. The molecule has 0 unspecified atom stereocenters. The van der Waals surface area contributed by atoms with E-state index >= 15 is 0 Å². The number of amides is 1. The summed E-state index contributed by atoms with van der Waals surface area (Å²) < 4.78 is 0. The van der Waals surface area contributed by atoms with E-state index in [0.29, 0.717) is 5.69 Å². The molecule has 1 aromatic carbocycles. The van der Waals surface area contributed by atoms with Crippen molar-refractivity contribution in [1.82, 2.24) is 4.98 Å². The number of primary amides is 1. The molecule has 0 fully saturated rings. The number of aromatic nitrogens is 1. The highest BCUT2D eigenvalue weighted by molar-refractivity contribution is 5.92. The molecule has 2 aromatic rings. The molecule has 2 rings (SSSR count). The van der Waals surface area contributed by atoms with Gasteiger partial charge in [-0.2, -0.15) is 0 Å². The van der Waals surface area contributed by atoms with E-state index in [1.54, 1.807) is 0 Å². The van der Waals surface area contributed by atoms with Crippen molar-refractivity contribution < 1.29 is 4.79 Å². The van der Waals surface area contributed by atoms with Gasteiger partial charge in [0.25, 0.3) is 5.91 Å². The van der Waals surface area contributed by atoms with E-state index in [1.165, 1.54) is 0 Å². The number of rotatable bonds is 2. The molecule has 0 bridgehead atoms. The number of nitrogens with two attached hydrogens (primary N) is 1. The lowest BCUT2D eigenvalue weighted by Crippen LogP contribution is -2.15. The summed E-state index contributed by atoms with van der Waals surface area (Å²) in [6, 6.07) is 13.4. The lowest BCUT2D eigenvalue weighted by atomic mass is 10.1. The molecule has 0 atom stereocenters. The molecule has 16 heavy (non-hydrogen) atoms. The molecule has 0 spiro atoms. The van der Waals surface area contributed by atoms with E-state index in [2.05, 4.69) is 4.98 Å². The van der Waals surface area contributed by atoms with E-state index < -0.39 is 5.91 Å². The van der Waals surface area contributed by atoms with Gasteiger partial charge in [-0.25, -0.2) is 4.98 Å². The second-order valence-corrected chi connectivity index (χ2v) is 3.59. The maximum absolute atomic E-state index is 11.2. The Morgan fingerprint density at radius 2 is 1.81 bits per heavy atom. The van der Waals surface area contributed by atoms with Gasteiger partial charge >= 0.3 is 0 Å². The molecule has 3 nitrogen and oxygen atoms in total. The van der Waals surface area contributed by atoms with Gasteiger partial charge in [-0.15, -0.1) is 0 Å². The zero-order valence-corrected chi connectivity index (χ0v) is 8.97. The van der Waals surface area contributed by atoms with Crippen LogP contribution in [-0.4, -0.2) is 10.9 Å². The molecule has 80 valence electrons. The smallest absolute Gasteiger partial charge is 0.267 e. The normalized spacial score (nSPS) is 10.1. The minimum absolute atomic E-state index is 0.335. The quantitative estimate of drug-likeness (QED) is 0.829. The third-order valence-corrected chi connectivity index (χ3v) is 2.40. The van der Waals surface area contributed by atoms with Gasteiger partial charge in [0.2, 0.25) is 0 Å². The van der Waals surface area contributed by atoms with Crippen LogP contribution in [0.2, 0.25) is 0 Å². The maximum atomic E-state index is 11.2. The first kappa shape index (κ1) is 10.4. The fourth-order valence-corrected chi connectivity index (χ4v) is 1.55. The van der Waals surface area contributed by atoms with E-state index in [4.69, 9.17) is 5.73 Å². The zero-order chi connectivity index (χ0) is 11.5. The molecule has 0 saturated heterocycles. The molecule has 1 heterocycles.